The summed E-state index contributed by atoms with van der Waals surface area (Å²) in [6, 6.07) is 3.96. The van der Waals surface area contributed by atoms with Crippen molar-refractivity contribution < 1.29 is 14.7 Å². The zero-order valence-corrected chi connectivity index (χ0v) is 12.5. The number of carboxylic acid groups (broad SMARTS) is 1. The predicted octanol–water partition coefficient (Wildman–Crippen LogP) is 3.11. The van der Waals surface area contributed by atoms with Crippen molar-refractivity contribution in [1.82, 2.24) is 4.90 Å². The average Bonchev–Trinajstić information content (AvgIpc) is 3.10. The molecule has 1 aliphatic carbocycles. The van der Waals surface area contributed by atoms with Gasteiger partial charge in [0.1, 0.15) is 0 Å². The van der Waals surface area contributed by atoms with E-state index < -0.39 is 5.97 Å². The van der Waals surface area contributed by atoms with E-state index in [0.717, 1.165) is 30.3 Å². The van der Waals surface area contributed by atoms with Crippen LogP contribution in [-0.4, -0.2) is 34.5 Å². The van der Waals surface area contributed by atoms with Crippen LogP contribution in [0.2, 0.25) is 0 Å². The predicted molar refractivity (Wildman–Crippen MR) is 79.9 cm³/mol. The van der Waals surface area contributed by atoms with Crippen LogP contribution in [0.3, 0.4) is 0 Å². The van der Waals surface area contributed by atoms with Gasteiger partial charge in [0.25, 0.3) is 5.91 Å². The fraction of sp³-hybridized carbons (Fsp3) is 0.467. The Labute approximate surface area is 122 Å². The van der Waals surface area contributed by atoms with Gasteiger partial charge < -0.3 is 10.0 Å². The zero-order valence-electron chi connectivity index (χ0n) is 11.7. The van der Waals surface area contributed by atoms with E-state index in [2.05, 4.69) is 13.8 Å². The molecule has 0 atom stereocenters. The SMILES string of the molecule is CC(C)CN(C(=O)c1ccc(C=CC(=O)O)s1)C1CC1. The molecule has 4 nitrogen and oxygen atoms in total. The van der Waals surface area contributed by atoms with Gasteiger partial charge >= 0.3 is 5.97 Å². The maximum atomic E-state index is 12.5. The highest BCUT2D eigenvalue weighted by Gasteiger charge is 2.33. The monoisotopic (exact) mass is 293 g/mol. The topological polar surface area (TPSA) is 57.6 Å². The van der Waals surface area contributed by atoms with Crippen LogP contribution < -0.4 is 0 Å². The number of hydrogen-bond acceptors (Lipinski definition) is 3. The minimum Gasteiger partial charge on any atom is -0.478 e. The van der Waals surface area contributed by atoms with Crippen molar-refractivity contribution >= 4 is 29.3 Å². The number of carbonyl (C=O) groups is 2. The van der Waals surface area contributed by atoms with E-state index in [-0.39, 0.29) is 5.91 Å². The van der Waals surface area contributed by atoms with E-state index in [1.54, 1.807) is 12.1 Å². The molecule has 108 valence electrons. The van der Waals surface area contributed by atoms with Gasteiger partial charge in [-0.15, -0.1) is 11.3 Å². The fourth-order valence-corrected chi connectivity index (χ4v) is 2.90. The summed E-state index contributed by atoms with van der Waals surface area (Å²) >= 11 is 1.34. The first kappa shape index (κ1) is 14.8. The number of rotatable bonds is 6. The van der Waals surface area contributed by atoms with E-state index >= 15 is 0 Å². The van der Waals surface area contributed by atoms with Crippen molar-refractivity contribution in [3.63, 3.8) is 0 Å². The van der Waals surface area contributed by atoms with Crippen molar-refractivity contribution in [2.24, 2.45) is 5.92 Å². The van der Waals surface area contributed by atoms with Gasteiger partial charge in [0, 0.05) is 23.5 Å². The molecule has 0 bridgehead atoms. The number of thiophene rings is 1. The maximum Gasteiger partial charge on any atom is 0.328 e. The molecule has 0 unspecified atom stereocenters. The Morgan fingerprint density at radius 1 is 1.45 bits per heavy atom. The van der Waals surface area contributed by atoms with Gasteiger partial charge in [0.05, 0.1) is 4.88 Å². The zero-order chi connectivity index (χ0) is 14.7. The van der Waals surface area contributed by atoms with Crippen LogP contribution in [0, 0.1) is 5.92 Å². The van der Waals surface area contributed by atoms with Gasteiger partial charge in [-0.25, -0.2) is 4.79 Å². The van der Waals surface area contributed by atoms with E-state index in [0.29, 0.717) is 16.8 Å². The molecule has 1 fully saturated rings. The van der Waals surface area contributed by atoms with E-state index in [1.165, 1.54) is 17.4 Å². The lowest BCUT2D eigenvalue weighted by atomic mass is 10.2. The molecule has 0 aliphatic heterocycles. The maximum absolute atomic E-state index is 12.5. The third-order valence-electron chi connectivity index (χ3n) is 3.04. The largest absolute Gasteiger partial charge is 0.478 e. The van der Waals surface area contributed by atoms with Gasteiger partial charge in [-0.2, -0.15) is 0 Å². The standard InChI is InChI=1S/C15H19NO3S/c1-10(2)9-16(11-3-4-11)15(19)13-7-5-12(20-13)6-8-14(17)18/h5-8,10-11H,3-4,9H2,1-2H3,(H,17,18). The van der Waals surface area contributed by atoms with Crippen molar-refractivity contribution in [3.8, 4) is 0 Å². The summed E-state index contributed by atoms with van der Waals surface area (Å²) in [7, 11) is 0. The molecule has 1 amide bonds. The molecule has 0 radical (unpaired) electrons. The average molecular weight is 293 g/mol. The highest BCUT2D eigenvalue weighted by atomic mass is 32.1. The second kappa shape index (κ2) is 6.22. The van der Waals surface area contributed by atoms with Gasteiger partial charge in [-0.05, 0) is 37.0 Å². The third-order valence-corrected chi connectivity index (χ3v) is 4.08. The molecule has 0 saturated heterocycles. The van der Waals surface area contributed by atoms with Crippen molar-refractivity contribution in [2.45, 2.75) is 32.7 Å². The van der Waals surface area contributed by atoms with E-state index in [9.17, 15) is 9.59 Å². The minimum atomic E-state index is -0.981. The van der Waals surface area contributed by atoms with Gasteiger partial charge in [0.2, 0.25) is 0 Å². The van der Waals surface area contributed by atoms with Crippen LogP contribution in [0.15, 0.2) is 18.2 Å². The molecule has 2 rings (SSSR count). The highest BCUT2D eigenvalue weighted by molar-refractivity contribution is 7.14. The first-order chi connectivity index (χ1) is 9.47. The Bertz CT molecular complexity index is 529. The lowest BCUT2D eigenvalue weighted by molar-refractivity contribution is -0.131. The van der Waals surface area contributed by atoms with Crippen LogP contribution in [0.5, 0.6) is 0 Å². The second-order valence-electron chi connectivity index (χ2n) is 5.46. The first-order valence-corrected chi connectivity index (χ1v) is 7.61. The number of amides is 1. The normalized spacial score (nSPS) is 14.9. The molecule has 5 heteroatoms. The van der Waals surface area contributed by atoms with Crippen LogP contribution in [0.4, 0.5) is 0 Å². The Morgan fingerprint density at radius 2 is 2.15 bits per heavy atom. The van der Waals surface area contributed by atoms with Crippen LogP contribution in [0.25, 0.3) is 6.08 Å². The smallest absolute Gasteiger partial charge is 0.328 e. The van der Waals surface area contributed by atoms with Gasteiger partial charge in [-0.3, -0.25) is 4.79 Å². The molecule has 20 heavy (non-hydrogen) atoms. The molecule has 1 N–H and O–H groups in total. The number of nitrogens with zero attached hydrogens (tertiary/aromatic N) is 1. The third kappa shape index (κ3) is 3.93. The molecule has 0 aromatic carbocycles. The van der Waals surface area contributed by atoms with E-state index in [4.69, 9.17) is 5.11 Å². The summed E-state index contributed by atoms with van der Waals surface area (Å²) in [5.74, 6) is -0.460. The minimum absolute atomic E-state index is 0.0705. The van der Waals surface area contributed by atoms with Crippen LogP contribution >= 0.6 is 11.3 Å². The van der Waals surface area contributed by atoms with Crippen LogP contribution in [0.1, 0.15) is 41.2 Å². The number of aliphatic carboxylic acids is 1. The van der Waals surface area contributed by atoms with Crippen LogP contribution in [-0.2, 0) is 4.79 Å². The summed E-state index contributed by atoms with van der Waals surface area (Å²) in [5, 5.41) is 8.60. The Hall–Kier alpha value is -1.62. The highest BCUT2D eigenvalue weighted by Crippen LogP contribution is 2.30. The Morgan fingerprint density at radius 3 is 2.70 bits per heavy atom. The van der Waals surface area contributed by atoms with Crippen molar-refractivity contribution in [3.05, 3.63) is 28.0 Å². The van der Waals surface area contributed by atoms with Gasteiger partial charge in [-0.1, -0.05) is 13.8 Å². The molecular weight excluding hydrogens is 274 g/mol. The van der Waals surface area contributed by atoms with E-state index in [1.807, 2.05) is 4.90 Å². The molecule has 1 heterocycles. The number of hydrogen-bond donors (Lipinski definition) is 1. The first-order valence-electron chi connectivity index (χ1n) is 6.79. The van der Waals surface area contributed by atoms with Crippen molar-refractivity contribution in [2.75, 3.05) is 6.54 Å². The summed E-state index contributed by atoms with van der Waals surface area (Å²) < 4.78 is 0. The molecule has 1 aliphatic rings. The molecule has 1 aromatic rings. The Balaban J connectivity index is 2.09. The lowest BCUT2D eigenvalue weighted by Crippen LogP contribution is -2.35. The summed E-state index contributed by atoms with van der Waals surface area (Å²) in [5.41, 5.74) is 0. The molecule has 0 spiro atoms. The molecule has 1 saturated carbocycles. The second-order valence-corrected chi connectivity index (χ2v) is 6.57. The van der Waals surface area contributed by atoms with Crippen molar-refractivity contribution in [1.29, 1.82) is 0 Å². The lowest BCUT2D eigenvalue weighted by Gasteiger charge is -2.23. The molecule has 1 aromatic heterocycles. The summed E-state index contributed by atoms with van der Waals surface area (Å²) in [6.07, 6.45) is 4.80. The Kier molecular flexibility index (Phi) is 4.60. The quantitative estimate of drug-likeness (QED) is 0.820. The fourth-order valence-electron chi connectivity index (χ4n) is 2.03. The number of carboxylic acids is 1. The summed E-state index contributed by atoms with van der Waals surface area (Å²) in [4.78, 5) is 26.4. The number of carbonyl (C=O) groups excluding carboxylic acids is 1. The molecular formula is C15H19NO3S. The van der Waals surface area contributed by atoms with Gasteiger partial charge in [0.15, 0.2) is 0 Å². The summed E-state index contributed by atoms with van der Waals surface area (Å²) in [6.45, 7) is 5.00.